The molecule has 0 fully saturated rings. The Morgan fingerprint density at radius 3 is 2.05 bits per heavy atom. The van der Waals surface area contributed by atoms with Crippen LogP contribution in [0, 0.1) is 12.7 Å². The summed E-state index contributed by atoms with van der Waals surface area (Å²) in [6.45, 7) is 6.73. The van der Waals surface area contributed by atoms with Crippen molar-refractivity contribution >= 4 is 38.9 Å². The number of rotatable bonds is 3. The van der Waals surface area contributed by atoms with Crippen molar-refractivity contribution in [3.8, 4) is 5.69 Å². The molecule has 0 radical (unpaired) electrons. The van der Waals surface area contributed by atoms with Gasteiger partial charge in [0, 0.05) is 33.2 Å². The Labute approximate surface area is 216 Å². The van der Waals surface area contributed by atoms with Gasteiger partial charge in [0.1, 0.15) is 5.82 Å². The smallest absolute Gasteiger partial charge is 0.123 e. The molecule has 0 atom stereocenters. The molecule has 3 heteroatoms. The number of halogens is 1. The van der Waals surface area contributed by atoms with Crippen LogP contribution in [0.15, 0.2) is 109 Å². The molecule has 37 heavy (non-hydrogen) atoms. The van der Waals surface area contributed by atoms with E-state index >= 15 is 0 Å². The lowest BCUT2D eigenvalue weighted by Gasteiger charge is -2.34. The van der Waals surface area contributed by atoms with Gasteiger partial charge in [-0.1, -0.05) is 67.9 Å². The normalized spacial score (nSPS) is 13.6. The molecule has 6 aromatic rings. The topological polar surface area (TPSA) is 8.17 Å². The van der Waals surface area contributed by atoms with Crippen molar-refractivity contribution in [3.63, 3.8) is 0 Å². The first-order valence-corrected chi connectivity index (χ1v) is 12.7. The monoisotopic (exact) mass is 482 g/mol. The van der Waals surface area contributed by atoms with Gasteiger partial charge in [0.05, 0.1) is 16.7 Å². The second-order valence-corrected chi connectivity index (χ2v) is 10.5. The van der Waals surface area contributed by atoms with Crippen molar-refractivity contribution in [1.82, 2.24) is 4.57 Å². The quantitative estimate of drug-likeness (QED) is 0.244. The van der Waals surface area contributed by atoms with Crippen molar-refractivity contribution in [2.45, 2.75) is 26.2 Å². The summed E-state index contributed by atoms with van der Waals surface area (Å²) in [5.74, 6) is -0.238. The van der Waals surface area contributed by atoms with Gasteiger partial charge < -0.3 is 9.47 Å². The molecule has 0 saturated heterocycles. The molecule has 0 unspecified atom stereocenters. The third kappa shape index (κ3) is 3.17. The largest absolute Gasteiger partial charge is 0.310 e. The summed E-state index contributed by atoms with van der Waals surface area (Å²) in [6, 6.07) is 37.3. The molecule has 0 spiro atoms. The van der Waals surface area contributed by atoms with Crippen LogP contribution in [0.3, 0.4) is 0 Å². The second-order valence-electron chi connectivity index (χ2n) is 10.5. The van der Waals surface area contributed by atoms with E-state index < -0.39 is 0 Å². The maximum absolute atomic E-state index is 13.8. The van der Waals surface area contributed by atoms with Gasteiger partial charge in [-0.3, -0.25) is 0 Å². The molecule has 5 aromatic carbocycles. The zero-order chi connectivity index (χ0) is 25.3. The van der Waals surface area contributed by atoms with Gasteiger partial charge in [-0.25, -0.2) is 4.39 Å². The first-order valence-electron chi connectivity index (χ1n) is 12.7. The number of hydrogen-bond donors (Lipinski definition) is 0. The Morgan fingerprint density at radius 1 is 0.649 bits per heavy atom. The predicted molar refractivity (Wildman–Crippen MR) is 152 cm³/mol. The zero-order valence-corrected chi connectivity index (χ0v) is 21.2. The Balaban J connectivity index is 1.52. The number of fused-ring (bicyclic) bond motifs is 5. The Bertz CT molecular complexity index is 1760. The van der Waals surface area contributed by atoms with Crippen LogP contribution in [0.2, 0.25) is 0 Å². The number of para-hydroxylation sites is 2. The Kier molecular flexibility index (Phi) is 4.62. The summed E-state index contributed by atoms with van der Waals surface area (Å²) in [5.41, 5.74) is 10.5. The lowest BCUT2D eigenvalue weighted by molar-refractivity contribution is 0.628. The van der Waals surface area contributed by atoms with Gasteiger partial charge in [0.2, 0.25) is 0 Å². The lowest BCUT2D eigenvalue weighted by Crippen LogP contribution is -2.26. The first kappa shape index (κ1) is 21.9. The predicted octanol–water partition coefficient (Wildman–Crippen LogP) is 9.34. The number of benzene rings is 5. The lowest BCUT2D eigenvalue weighted by atomic mass is 9.75. The standard InChI is InChI=1S/C34H27FN2/c1-22-11-15-24(16-12-22)36(25-17-13-23(35)14-18-25)26-19-20-31-28(21-26)27-7-6-9-30-33(27)37(31)32-10-5-4-8-29(32)34(30,2)3/h4-21H,1-3H3. The minimum atomic E-state index is -0.238. The van der Waals surface area contributed by atoms with E-state index in [1.165, 1.54) is 56.3 Å². The average molecular weight is 483 g/mol. The number of aromatic nitrogens is 1. The van der Waals surface area contributed by atoms with E-state index in [1.54, 1.807) is 0 Å². The molecule has 2 nitrogen and oxygen atoms in total. The van der Waals surface area contributed by atoms with Crippen LogP contribution in [0.25, 0.3) is 27.5 Å². The van der Waals surface area contributed by atoms with E-state index in [1.807, 2.05) is 12.1 Å². The summed E-state index contributed by atoms with van der Waals surface area (Å²) >= 11 is 0. The van der Waals surface area contributed by atoms with Gasteiger partial charge in [-0.05, 0) is 78.7 Å². The van der Waals surface area contributed by atoms with E-state index in [4.69, 9.17) is 0 Å². The van der Waals surface area contributed by atoms with Crippen LogP contribution in [0.5, 0.6) is 0 Å². The van der Waals surface area contributed by atoms with Crippen LogP contribution in [0.4, 0.5) is 21.5 Å². The summed E-state index contributed by atoms with van der Waals surface area (Å²) in [5, 5.41) is 2.46. The summed E-state index contributed by atoms with van der Waals surface area (Å²) in [4.78, 5) is 2.20. The van der Waals surface area contributed by atoms with E-state index in [0.717, 1.165) is 17.1 Å². The SMILES string of the molecule is Cc1ccc(N(c2ccc(F)cc2)c2ccc3c(c2)c2cccc4c2n3-c2ccccc2C4(C)C)cc1. The summed E-state index contributed by atoms with van der Waals surface area (Å²) in [6.07, 6.45) is 0. The first-order chi connectivity index (χ1) is 17.9. The summed E-state index contributed by atoms with van der Waals surface area (Å²) in [7, 11) is 0. The molecule has 0 bridgehead atoms. The van der Waals surface area contributed by atoms with Crippen molar-refractivity contribution in [2.24, 2.45) is 0 Å². The van der Waals surface area contributed by atoms with Gasteiger partial charge in [0.15, 0.2) is 0 Å². The highest BCUT2D eigenvalue weighted by Crippen LogP contribution is 2.48. The van der Waals surface area contributed by atoms with Gasteiger partial charge >= 0.3 is 0 Å². The third-order valence-electron chi connectivity index (χ3n) is 7.90. The maximum atomic E-state index is 13.8. The van der Waals surface area contributed by atoms with E-state index in [9.17, 15) is 4.39 Å². The van der Waals surface area contributed by atoms with E-state index in [0.29, 0.717) is 0 Å². The highest BCUT2D eigenvalue weighted by Gasteiger charge is 2.34. The molecule has 1 aromatic heterocycles. The molecule has 0 amide bonds. The molecular weight excluding hydrogens is 455 g/mol. The third-order valence-corrected chi connectivity index (χ3v) is 7.90. The van der Waals surface area contributed by atoms with Gasteiger partial charge in [0.25, 0.3) is 0 Å². The summed E-state index contributed by atoms with van der Waals surface area (Å²) < 4.78 is 16.3. The number of anilines is 3. The number of aryl methyl sites for hydroxylation is 1. The maximum Gasteiger partial charge on any atom is 0.123 e. The fourth-order valence-corrected chi connectivity index (χ4v) is 6.02. The molecule has 1 aliphatic heterocycles. The van der Waals surface area contributed by atoms with Gasteiger partial charge in [-0.15, -0.1) is 0 Å². The fourth-order valence-electron chi connectivity index (χ4n) is 6.02. The highest BCUT2D eigenvalue weighted by atomic mass is 19.1. The molecule has 0 saturated carbocycles. The highest BCUT2D eigenvalue weighted by molar-refractivity contribution is 6.12. The zero-order valence-electron chi connectivity index (χ0n) is 21.2. The minimum Gasteiger partial charge on any atom is -0.310 e. The number of nitrogens with zero attached hydrogens (tertiary/aromatic N) is 2. The molecule has 0 N–H and O–H groups in total. The number of hydrogen-bond acceptors (Lipinski definition) is 1. The van der Waals surface area contributed by atoms with Crippen LogP contribution >= 0.6 is 0 Å². The molecule has 2 heterocycles. The molecule has 0 aliphatic carbocycles. The fraction of sp³-hybridized carbons (Fsp3) is 0.118. The molecule has 7 rings (SSSR count). The van der Waals surface area contributed by atoms with Crippen LogP contribution in [-0.4, -0.2) is 4.57 Å². The molecule has 180 valence electrons. The van der Waals surface area contributed by atoms with Crippen molar-refractivity contribution in [1.29, 1.82) is 0 Å². The van der Waals surface area contributed by atoms with Crippen molar-refractivity contribution in [3.05, 3.63) is 132 Å². The minimum absolute atomic E-state index is 0.0919. The molecule has 1 aliphatic rings. The average Bonchev–Trinajstić information content (AvgIpc) is 3.24. The van der Waals surface area contributed by atoms with Gasteiger partial charge in [-0.2, -0.15) is 0 Å². The second kappa shape index (κ2) is 7.81. The van der Waals surface area contributed by atoms with Crippen molar-refractivity contribution < 1.29 is 4.39 Å². The van der Waals surface area contributed by atoms with E-state index in [2.05, 4.69) is 115 Å². The Morgan fingerprint density at radius 2 is 1.30 bits per heavy atom. The van der Waals surface area contributed by atoms with Crippen LogP contribution in [0.1, 0.15) is 30.5 Å². The molecular formula is C34H27FN2. The van der Waals surface area contributed by atoms with Crippen LogP contribution in [-0.2, 0) is 5.41 Å². The van der Waals surface area contributed by atoms with Crippen molar-refractivity contribution in [2.75, 3.05) is 4.90 Å². The van der Waals surface area contributed by atoms with Crippen LogP contribution < -0.4 is 4.90 Å². The Hall–Kier alpha value is -4.37. The van der Waals surface area contributed by atoms with E-state index in [-0.39, 0.29) is 11.2 Å².